The van der Waals surface area contributed by atoms with Crippen molar-refractivity contribution in [1.29, 1.82) is 0 Å². The molecule has 0 unspecified atom stereocenters. The number of aryl methyl sites for hydroxylation is 1. The predicted octanol–water partition coefficient (Wildman–Crippen LogP) is 2.16. The number of aromatic amines is 1. The molecule has 0 bridgehead atoms. The van der Waals surface area contributed by atoms with Crippen LogP contribution in [0.3, 0.4) is 0 Å². The molecule has 2 rings (SSSR count). The van der Waals surface area contributed by atoms with E-state index in [0.717, 1.165) is 24.6 Å². The molecule has 0 aliphatic carbocycles. The van der Waals surface area contributed by atoms with Crippen LogP contribution in [0.15, 0.2) is 37.7 Å². The van der Waals surface area contributed by atoms with Crippen LogP contribution < -0.4 is 5.56 Å². The summed E-state index contributed by atoms with van der Waals surface area (Å²) in [6.45, 7) is 2.00. The van der Waals surface area contributed by atoms with Gasteiger partial charge in [0.1, 0.15) is 0 Å². The fourth-order valence-electron chi connectivity index (χ4n) is 1.50. The van der Waals surface area contributed by atoms with Crippen molar-refractivity contribution in [2.24, 2.45) is 0 Å². The number of nitrogens with one attached hydrogen (secondary N) is 1. The smallest absolute Gasteiger partial charge is 0.371 e. The van der Waals surface area contributed by atoms with Gasteiger partial charge in [0.25, 0.3) is 5.56 Å². The molecule has 0 saturated heterocycles. The molecule has 2 N–H and O–H groups in total. The highest BCUT2D eigenvalue weighted by Gasteiger charge is 2.11. The zero-order valence-electron chi connectivity index (χ0n) is 10.2. The summed E-state index contributed by atoms with van der Waals surface area (Å²) in [4.78, 5) is 29.0. The molecule has 0 amide bonds. The van der Waals surface area contributed by atoms with E-state index in [1.165, 1.54) is 18.2 Å². The Kier molecular flexibility index (Phi) is 4.06. The van der Waals surface area contributed by atoms with Gasteiger partial charge >= 0.3 is 5.97 Å². The van der Waals surface area contributed by atoms with Gasteiger partial charge in [0, 0.05) is 11.8 Å². The van der Waals surface area contributed by atoms with E-state index in [-0.39, 0.29) is 11.3 Å². The first-order chi connectivity index (χ1) is 9.08. The highest BCUT2D eigenvalue weighted by molar-refractivity contribution is 7.99. The van der Waals surface area contributed by atoms with Crippen molar-refractivity contribution in [3.8, 4) is 0 Å². The number of aromatic nitrogens is 2. The first-order valence-electron chi connectivity index (χ1n) is 5.69. The molecule has 100 valence electrons. The van der Waals surface area contributed by atoms with Crippen LogP contribution in [0.5, 0.6) is 0 Å². The van der Waals surface area contributed by atoms with Crippen LogP contribution in [0.25, 0.3) is 0 Å². The molecule has 0 aromatic carbocycles. The molecular weight excluding hydrogens is 268 g/mol. The Morgan fingerprint density at radius 1 is 1.53 bits per heavy atom. The van der Waals surface area contributed by atoms with Crippen LogP contribution in [0.1, 0.15) is 29.6 Å². The number of carbonyl (C=O) groups is 1. The second kappa shape index (κ2) is 5.75. The number of furan rings is 1. The number of H-pyrrole nitrogens is 1. The minimum Gasteiger partial charge on any atom is -0.475 e. The summed E-state index contributed by atoms with van der Waals surface area (Å²) in [7, 11) is 0. The minimum absolute atomic E-state index is 0.144. The Bertz CT molecular complexity index is 647. The fourth-order valence-corrected chi connectivity index (χ4v) is 2.27. The van der Waals surface area contributed by atoms with Crippen LogP contribution in [0, 0.1) is 0 Å². The monoisotopic (exact) mass is 280 g/mol. The van der Waals surface area contributed by atoms with Gasteiger partial charge in [-0.25, -0.2) is 9.78 Å². The summed E-state index contributed by atoms with van der Waals surface area (Å²) in [6.07, 6.45) is 1.61. The quantitative estimate of drug-likeness (QED) is 0.815. The second-order valence-corrected chi connectivity index (χ2v) is 4.81. The highest BCUT2D eigenvalue weighted by atomic mass is 32.2. The number of carboxylic acid groups (broad SMARTS) is 1. The van der Waals surface area contributed by atoms with Crippen molar-refractivity contribution < 1.29 is 14.3 Å². The van der Waals surface area contributed by atoms with Gasteiger partial charge in [-0.3, -0.25) is 4.79 Å². The number of carboxylic acids is 1. The molecule has 0 aliphatic heterocycles. The zero-order valence-corrected chi connectivity index (χ0v) is 11.0. The largest absolute Gasteiger partial charge is 0.475 e. The summed E-state index contributed by atoms with van der Waals surface area (Å²) < 4.78 is 5.09. The molecular formula is C12H12N2O4S. The summed E-state index contributed by atoms with van der Waals surface area (Å²) >= 11 is 1.08. The van der Waals surface area contributed by atoms with E-state index in [4.69, 9.17) is 9.52 Å². The van der Waals surface area contributed by atoms with Crippen LogP contribution in [0.2, 0.25) is 0 Å². The average molecular weight is 280 g/mol. The lowest BCUT2D eigenvalue weighted by Gasteiger charge is -2.01. The molecule has 2 aromatic rings. The molecule has 7 heteroatoms. The van der Waals surface area contributed by atoms with Gasteiger partial charge in [-0.1, -0.05) is 13.3 Å². The maximum Gasteiger partial charge on any atom is 0.371 e. The van der Waals surface area contributed by atoms with Crippen molar-refractivity contribution in [1.82, 2.24) is 9.97 Å². The van der Waals surface area contributed by atoms with E-state index >= 15 is 0 Å². The summed E-state index contributed by atoms with van der Waals surface area (Å²) in [5, 5.41) is 9.51. The van der Waals surface area contributed by atoms with Crippen molar-refractivity contribution in [2.45, 2.75) is 30.0 Å². The first kappa shape index (κ1) is 13.4. The first-order valence-corrected chi connectivity index (χ1v) is 6.51. The maximum absolute atomic E-state index is 11.5. The van der Waals surface area contributed by atoms with Crippen molar-refractivity contribution in [3.05, 3.63) is 40.0 Å². The molecule has 2 aromatic heterocycles. The van der Waals surface area contributed by atoms with E-state index in [0.29, 0.717) is 15.9 Å². The molecule has 6 nitrogen and oxygen atoms in total. The van der Waals surface area contributed by atoms with E-state index in [2.05, 4.69) is 9.97 Å². The summed E-state index contributed by atoms with van der Waals surface area (Å²) in [6, 6.07) is 4.34. The summed E-state index contributed by atoms with van der Waals surface area (Å²) in [5.41, 5.74) is 0.477. The zero-order chi connectivity index (χ0) is 13.8. The molecule has 0 saturated carbocycles. The number of aromatic carboxylic acids is 1. The van der Waals surface area contributed by atoms with Crippen molar-refractivity contribution >= 4 is 17.7 Å². The molecule has 0 aliphatic rings. The second-order valence-electron chi connectivity index (χ2n) is 3.82. The van der Waals surface area contributed by atoms with Crippen LogP contribution in [0.4, 0.5) is 0 Å². The Morgan fingerprint density at radius 3 is 2.95 bits per heavy atom. The minimum atomic E-state index is -1.13. The number of hydrogen-bond donors (Lipinski definition) is 2. The van der Waals surface area contributed by atoms with Crippen LogP contribution in [-0.2, 0) is 6.42 Å². The topological polar surface area (TPSA) is 96.2 Å². The van der Waals surface area contributed by atoms with Gasteiger partial charge in [-0.15, -0.1) is 0 Å². The predicted molar refractivity (Wildman–Crippen MR) is 68.6 cm³/mol. The van der Waals surface area contributed by atoms with Gasteiger partial charge in [0.15, 0.2) is 10.2 Å². The van der Waals surface area contributed by atoms with Gasteiger partial charge in [0.05, 0.1) is 0 Å². The van der Waals surface area contributed by atoms with Gasteiger partial charge in [0.2, 0.25) is 5.76 Å². The molecule has 0 spiro atoms. The van der Waals surface area contributed by atoms with E-state index in [9.17, 15) is 9.59 Å². The van der Waals surface area contributed by atoms with E-state index in [1.54, 1.807) is 0 Å². The number of nitrogens with zero attached hydrogens (tertiary/aromatic N) is 1. The van der Waals surface area contributed by atoms with Crippen molar-refractivity contribution in [2.75, 3.05) is 0 Å². The molecule has 0 fully saturated rings. The average Bonchev–Trinajstić information content (AvgIpc) is 2.77. The standard InChI is InChI=1S/C12H12N2O4S/c1-2-3-7-6-9(15)14-12(13-7)19-10-5-4-8(18-10)11(16)17/h4-6H,2-3H2,1H3,(H,16,17)(H,13,14,15). The lowest BCUT2D eigenvalue weighted by molar-refractivity contribution is 0.0656. The Hall–Kier alpha value is -2.02. The molecule has 19 heavy (non-hydrogen) atoms. The maximum atomic E-state index is 11.5. The van der Waals surface area contributed by atoms with Gasteiger partial charge < -0.3 is 14.5 Å². The normalized spacial score (nSPS) is 10.6. The lowest BCUT2D eigenvalue weighted by Crippen LogP contribution is -2.09. The Labute approximate surface area is 112 Å². The van der Waals surface area contributed by atoms with E-state index in [1.807, 2.05) is 6.92 Å². The highest BCUT2D eigenvalue weighted by Crippen LogP contribution is 2.26. The molecule has 2 heterocycles. The third-order valence-electron chi connectivity index (χ3n) is 2.27. The third kappa shape index (κ3) is 3.47. The van der Waals surface area contributed by atoms with E-state index < -0.39 is 5.97 Å². The molecule has 0 radical (unpaired) electrons. The van der Waals surface area contributed by atoms with Crippen molar-refractivity contribution in [3.63, 3.8) is 0 Å². The van der Waals surface area contributed by atoms with Gasteiger partial charge in [-0.05, 0) is 30.3 Å². The molecule has 0 atom stereocenters. The SMILES string of the molecule is CCCc1cc(=O)[nH]c(Sc2ccc(C(=O)O)o2)n1. The number of hydrogen-bond acceptors (Lipinski definition) is 5. The van der Waals surface area contributed by atoms with Gasteiger partial charge in [-0.2, -0.15) is 0 Å². The van der Waals surface area contributed by atoms with Crippen LogP contribution >= 0.6 is 11.8 Å². The Morgan fingerprint density at radius 2 is 2.32 bits per heavy atom. The number of rotatable bonds is 5. The summed E-state index contributed by atoms with van der Waals surface area (Å²) in [5.74, 6) is -1.28. The lowest BCUT2D eigenvalue weighted by atomic mass is 10.2. The third-order valence-corrected chi connectivity index (χ3v) is 3.08. The van der Waals surface area contributed by atoms with Crippen LogP contribution in [-0.4, -0.2) is 21.0 Å². The fraction of sp³-hybridized carbons (Fsp3) is 0.250. The Balaban J connectivity index is 2.22.